The molecule has 6 heteroatoms. The van der Waals surface area contributed by atoms with Crippen LogP contribution in [0, 0.1) is 0 Å². The topological polar surface area (TPSA) is 57.6 Å². The Hall–Kier alpha value is -1.50. The van der Waals surface area contributed by atoms with Gasteiger partial charge in [-0.05, 0) is 62.3 Å². The van der Waals surface area contributed by atoms with Crippen LogP contribution in [-0.4, -0.2) is 24.8 Å². The van der Waals surface area contributed by atoms with Gasteiger partial charge in [-0.1, -0.05) is 88.4 Å². The molecule has 1 heterocycles. The Kier molecular flexibility index (Phi) is 10.3. The number of hydrogen-bond donors (Lipinski definition) is 1. The maximum atomic E-state index is 11.8. The Morgan fingerprint density at radius 1 is 0.824 bits per heavy atom. The van der Waals surface area contributed by atoms with Crippen LogP contribution in [0.3, 0.4) is 0 Å². The van der Waals surface area contributed by atoms with Crippen LogP contribution in [0.2, 0.25) is 0 Å². The van der Waals surface area contributed by atoms with E-state index in [2.05, 4.69) is 55.1 Å². The molecule has 0 spiro atoms. The van der Waals surface area contributed by atoms with Gasteiger partial charge < -0.3 is 4.90 Å². The maximum Gasteiger partial charge on any atom is 0.267 e. The molecule has 0 saturated carbocycles. The Morgan fingerprint density at radius 3 is 1.76 bits per heavy atom. The first kappa shape index (κ1) is 27.1. The summed E-state index contributed by atoms with van der Waals surface area (Å²) in [6.45, 7) is 6.64. The molecule has 0 aliphatic carbocycles. The quantitative estimate of drug-likeness (QED) is 0.208. The van der Waals surface area contributed by atoms with Gasteiger partial charge in [-0.2, -0.15) is 8.42 Å². The third-order valence-electron chi connectivity index (χ3n) is 6.79. The molecule has 0 bridgehead atoms. The highest BCUT2D eigenvalue weighted by Gasteiger charge is 2.29. The number of anilines is 2. The third kappa shape index (κ3) is 7.02. The minimum atomic E-state index is -4.05. The van der Waals surface area contributed by atoms with Crippen molar-refractivity contribution in [1.29, 1.82) is 0 Å². The van der Waals surface area contributed by atoms with Crippen molar-refractivity contribution in [3.05, 3.63) is 47.5 Å². The van der Waals surface area contributed by atoms with Gasteiger partial charge in [0.25, 0.3) is 10.1 Å². The molecule has 0 radical (unpaired) electrons. The van der Waals surface area contributed by atoms with Crippen LogP contribution in [0.25, 0.3) is 0 Å². The van der Waals surface area contributed by atoms with Gasteiger partial charge in [0.2, 0.25) is 0 Å². The average molecular weight is 504 g/mol. The largest absolute Gasteiger partial charge is 0.339 e. The van der Waals surface area contributed by atoms with E-state index >= 15 is 0 Å². The zero-order chi connectivity index (χ0) is 24.6. The number of benzene rings is 2. The van der Waals surface area contributed by atoms with Gasteiger partial charge in [0, 0.05) is 16.3 Å². The summed E-state index contributed by atoms with van der Waals surface area (Å²) in [5.74, 6) is 0. The molecule has 2 aromatic carbocycles. The normalized spacial score (nSPS) is 14.1. The Bertz CT molecular complexity index is 974. The van der Waals surface area contributed by atoms with Crippen LogP contribution in [-0.2, 0) is 23.0 Å². The van der Waals surface area contributed by atoms with E-state index in [1.165, 1.54) is 70.8 Å². The summed E-state index contributed by atoms with van der Waals surface area (Å²) in [4.78, 5) is 4.85. The second kappa shape index (κ2) is 13.0. The number of fused-ring (bicyclic) bond motifs is 2. The van der Waals surface area contributed by atoms with Gasteiger partial charge in [-0.25, -0.2) is 0 Å². The van der Waals surface area contributed by atoms with Crippen LogP contribution in [0.15, 0.2) is 46.2 Å². The first-order chi connectivity index (χ1) is 16.4. The molecule has 1 aliphatic rings. The Balaban J connectivity index is 1.97. The van der Waals surface area contributed by atoms with Crippen molar-refractivity contribution in [3.8, 4) is 0 Å². The number of nitrogens with zero attached hydrogens (tertiary/aromatic N) is 1. The van der Waals surface area contributed by atoms with Crippen molar-refractivity contribution < 1.29 is 13.0 Å². The minimum absolute atomic E-state index is 0.386. The fraction of sp³-hybridized carbons (Fsp3) is 0.571. The summed E-state index contributed by atoms with van der Waals surface area (Å²) in [7, 11) is -4.05. The molecule has 1 N–H and O–H groups in total. The van der Waals surface area contributed by atoms with Crippen LogP contribution < -0.4 is 4.90 Å². The molecule has 2 aromatic rings. The number of para-hydroxylation sites is 2. The number of aryl methyl sites for hydroxylation is 2. The number of unbranched alkanes of at least 4 members (excludes halogenated alkanes) is 6. The summed E-state index contributed by atoms with van der Waals surface area (Å²) in [6.07, 6.45) is 12.2. The van der Waals surface area contributed by atoms with Crippen molar-refractivity contribution in [2.75, 3.05) is 11.4 Å². The second-order valence-electron chi connectivity index (χ2n) is 9.52. The van der Waals surface area contributed by atoms with Gasteiger partial charge in [-0.15, -0.1) is 0 Å². The molecule has 188 valence electrons. The molecule has 1 atom stereocenters. The van der Waals surface area contributed by atoms with E-state index in [0.717, 1.165) is 25.7 Å². The third-order valence-corrected chi connectivity index (χ3v) is 9.14. The molecule has 0 amide bonds. The summed E-state index contributed by atoms with van der Waals surface area (Å²) in [5, 5.41) is -0.789. The molecular weight excluding hydrogens is 462 g/mol. The van der Waals surface area contributed by atoms with Gasteiger partial charge in [0.1, 0.15) is 0 Å². The van der Waals surface area contributed by atoms with E-state index in [9.17, 15) is 13.0 Å². The fourth-order valence-corrected chi connectivity index (χ4v) is 6.32. The fourth-order valence-electron chi connectivity index (χ4n) is 4.71. The van der Waals surface area contributed by atoms with Gasteiger partial charge >= 0.3 is 0 Å². The van der Waals surface area contributed by atoms with Crippen molar-refractivity contribution in [2.24, 2.45) is 0 Å². The van der Waals surface area contributed by atoms with E-state index in [1.54, 1.807) is 6.92 Å². The lowest BCUT2D eigenvalue weighted by molar-refractivity contribution is 0.466. The summed E-state index contributed by atoms with van der Waals surface area (Å²) < 4.78 is 33.1. The van der Waals surface area contributed by atoms with Crippen LogP contribution in [0.5, 0.6) is 0 Å². The number of rotatable bonds is 14. The zero-order valence-corrected chi connectivity index (χ0v) is 22.7. The van der Waals surface area contributed by atoms with Gasteiger partial charge in [0.15, 0.2) is 0 Å². The van der Waals surface area contributed by atoms with Crippen molar-refractivity contribution >= 4 is 33.3 Å². The van der Waals surface area contributed by atoms with E-state index in [1.807, 2.05) is 11.8 Å². The van der Waals surface area contributed by atoms with Crippen molar-refractivity contribution in [1.82, 2.24) is 0 Å². The lowest BCUT2D eigenvalue weighted by Crippen LogP contribution is -2.29. The second-order valence-corrected chi connectivity index (χ2v) is 12.4. The molecule has 34 heavy (non-hydrogen) atoms. The van der Waals surface area contributed by atoms with Crippen LogP contribution in [0.4, 0.5) is 11.4 Å². The molecule has 3 rings (SSSR count). The molecule has 4 nitrogen and oxygen atoms in total. The zero-order valence-electron chi connectivity index (χ0n) is 21.1. The maximum absolute atomic E-state index is 11.8. The molecule has 0 saturated heterocycles. The lowest BCUT2D eigenvalue weighted by Gasteiger charge is -2.36. The Morgan fingerprint density at radius 2 is 1.32 bits per heavy atom. The van der Waals surface area contributed by atoms with Gasteiger partial charge in [-0.3, -0.25) is 4.55 Å². The smallest absolute Gasteiger partial charge is 0.267 e. The number of hydrogen-bond acceptors (Lipinski definition) is 4. The molecule has 0 fully saturated rings. The van der Waals surface area contributed by atoms with Crippen molar-refractivity contribution in [3.63, 3.8) is 0 Å². The molecule has 1 unspecified atom stereocenters. The molecule has 0 aromatic heterocycles. The highest BCUT2D eigenvalue weighted by atomic mass is 32.2. The van der Waals surface area contributed by atoms with Gasteiger partial charge in [0.05, 0.1) is 16.6 Å². The van der Waals surface area contributed by atoms with E-state index in [-0.39, 0.29) is 0 Å². The first-order valence-corrected chi connectivity index (χ1v) is 15.3. The standard InChI is InChI=1S/C28H41NO3S2/c1-4-6-8-10-14-23-16-12-18-25-27(23)29(21-20-22(3)34(30,31)32)28-24(15-11-9-7-5-2)17-13-19-26(28)33-25/h12-13,16-19,22H,4-11,14-15,20-21H2,1-3H3,(H,30,31,32). The SMILES string of the molecule is CCCCCCc1cccc2c1N(CCC(C)S(=O)(=O)O)c1c(CCCCCC)cccc1S2. The van der Waals surface area contributed by atoms with E-state index < -0.39 is 15.4 Å². The van der Waals surface area contributed by atoms with E-state index in [0.29, 0.717) is 13.0 Å². The first-order valence-electron chi connectivity index (χ1n) is 13.0. The summed E-state index contributed by atoms with van der Waals surface area (Å²) in [5.41, 5.74) is 5.15. The predicted molar refractivity (Wildman–Crippen MR) is 145 cm³/mol. The average Bonchev–Trinajstić information content (AvgIpc) is 2.81. The van der Waals surface area contributed by atoms with E-state index in [4.69, 9.17) is 0 Å². The molecular formula is C28H41NO3S2. The minimum Gasteiger partial charge on any atom is -0.339 e. The monoisotopic (exact) mass is 503 g/mol. The highest BCUT2D eigenvalue weighted by molar-refractivity contribution is 7.99. The Labute approximate surface area is 211 Å². The lowest BCUT2D eigenvalue weighted by atomic mass is 10.00. The summed E-state index contributed by atoms with van der Waals surface area (Å²) >= 11 is 1.83. The highest BCUT2D eigenvalue weighted by Crippen LogP contribution is 2.51. The van der Waals surface area contributed by atoms with Crippen LogP contribution in [0.1, 0.15) is 89.7 Å². The summed E-state index contributed by atoms with van der Waals surface area (Å²) in [6, 6.07) is 13.1. The predicted octanol–water partition coefficient (Wildman–Crippen LogP) is 8.20. The van der Waals surface area contributed by atoms with Crippen LogP contribution >= 0.6 is 11.8 Å². The molecule has 1 aliphatic heterocycles. The van der Waals surface area contributed by atoms with Crippen molar-refractivity contribution in [2.45, 2.75) is 106 Å².